The molecule has 0 aromatic carbocycles. The lowest BCUT2D eigenvalue weighted by molar-refractivity contribution is -0.126. The summed E-state index contributed by atoms with van der Waals surface area (Å²) in [6.45, 7) is 5.76. The van der Waals surface area contributed by atoms with E-state index < -0.39 is 10.0 Å². The minimum atomic E-state index is -3.29. The Morgan fingerprint density at radius 1 is 0.939 bits per heavy atom. The Morgan fingerprint density at radius 2 is 1.58 bits per heavy atom. The number of carbonyl (C=O) groups is 2. The molecule has 1 saturated carbocycles. The van der Waals surface area contributed by atoms with Gasteiger partial charge in [-0.25, -0.2) is 17.7 Å². The summed E-state index contributed by atoms with van der Waals surface area (Å²) in [6.07, 6.45) is 6.63. The van der Waals surface area contributed by atoms with Gasteiger partial charge >= 0.3 is 0 Å². The molecular formula is C23H41N5O4S. The first kappa shape index (κ1) is 24.9. The van der Waals surface area contributed by atoms with Gasteiger partial charge < -0.3 is 10.6 Å². The zero-order valence-electron chi connectivity index (χ0n) is 20.3. The summed E-state index contributed by atoms with van der Waals surface area (Å²) in [5.74, 6) is 1.10. The van der Waals surface area contributed by atoms with Gasteiger partial charge in [-0.1, -0.05) is 0 Å². The average molecular weight is 484 g/mol. The summed E-state index contributed by atoms with van der Waals surface area (Å²) >= 11 is 0. The highest BCUT2D eigenvalue weighted by molar-refractivity contribution is 7.89. The number of hydrogen-bond acceptors (Lipinski definition) is 6. The van der Waals surface area contributed by atoms with Crippen LogP contribution in [-0.4, -0.2) is 79.6 Å². The van der Waals surface area contributed by atoms with Crippen molar-refractivity contribution in [2.75, 3.05) is 26.7 Å². The van der Waals surface area contributed by atoms with Crippen LogP contribution in [0.15, 0.2) is 0 Å². The smallest absolute Gasteiger partial charge is 0.226 e. The molecule has 33 heavy (non-hydrogen) atoms. The number of rotatable bonds is 5. The Morgan fingerprint density at radius 3 is 2.18 bits per heavy atom. The van der Waals surface area contributed by atoms with Crippen molar-refractivity contribution in [3.8, 4) is 0 Å². The van der Waals surface area contributed by atoms with Gasteiger partial charge in [0.15, 0.2) is 0 Å². The third kappa shape index (κ3) is 5.23. The van der Waals surface area contributed by atoms with Gasteiger partial charge in [0.05, 0.1) is 11.2 Å². The van der Waals surface area contributed by atoms with Crippen molar-refractivity contribution in [2.45, 2.75) is 88.6 Å². The molecule has 0 radical (unpaired) electrons. The minimum Gasteiger partial charge on any atom is -0.359 e. The lowest BCUT2D eigenvalue weighted by Crippen LogP contribution is -2.50. The Labute approximate surface area is 198 Å². The third-order valence-electron chi connectivity index (χ3n) is 8.59. The molecule has 4 fully saturated rings. The van der Waals surface area contributed by atoms with E-state index in [0.717, 1.165) is 45.1 Å². The molecule has 0 spiro atoms. The normalized spacial score (nSPS) is 36.8. The first-order valence-corrected chi connectivity index (χ1v) is 14.2. The molecule has 0 aromatic heterocycles. The van der Waals surface area contributed by atoms with E-state index in [9.17, 15) is 18.0 Å². The van der Waals surface area contributed by atoms with Crippen molar-refractivity contribution in [1.82, 2.24) is 25.4 Å². The molecule has 188 valence electrons. The highest BCUT2D eigenvalue weighted by Crippen LogP contribution is 2.40. The zero-order chi connectivity index (χ0) is 23.8. The van der Waals surface area contributed by atoms with Crippen LogP contribution in [0.2, 0.25) is 0 Å². The molecule has 2 amide bonds. The summed E-state index contributed by atoms with van der Waals surface area (Å²) in [6, 6.07) is 0.470. The fourth-order valence-electron chi connectivity index (χ4n) is 6.80. The number of carbonyl (C=O) groups excluding carboxylic acids is 2. The van der Waals surface area contributed by atoms with Gasteiger partial charge in [-0.05, 0) is 70.1 Å². The quantitative estimate of drug-likeness (QED) is 0.534. The minimum absolute atomic E-state index is 0.0362. The van der Waals surface area contributed by atoms with Crippen molar-refractivity contribution in [1.29, 1.82) is 0 Å². The van der Waals surface area contributed by atoms with E-state index in [1.165, 1.54) is 6.92 Å². The van der Waals surface area contributed by atoms with E-state index in [1.807, 2.05) is 0 Å². The average Bonchev–Trinajstić information content (AvgIpc) is 3.13. The van der Waals surface area contributed by atoms with Crippen LogP contribution < -0.4 is 16.1 Å². The standard InChI is InChI=1S/C23H41N5O4S/c1-15-22(23(30)24-3)21-14-18(10-13-28(21)26-15)17-8-11-27(12-9-17)33(31,32)20-6-4-19(5-7-20)25-16(2)29/h15,17-22,26H,4-14H2,1-3H3,(H,24,30)(H,25,29). The lowest BCUT2D eigenvalue weighted by Gasteiger charge is -2.42. The maximum absolute atomic E-state index is 13.3. The van der Waals surface area contributed by atoms with Gasteiger partial charge in [-0.15, -0.1) is 0 Å². The molecule has 0 bridgehead atoms. The predicted octanol–water partition coefficient (Wildman–Crippen LogP) is 0.825. The number of fused-ring (bicyclic) bond motifs is 1. The van der Waals surface area contributed by atoms with E-state index >= 15 is 0 Å². The topological polar surface area (TPSA) is 111 Å². The molecule has 3 N–H and O–H groups in total. The number of amides is 2. The summed E-state index contributed by atoms with van der Waals surface area (Å²) in [5, 5.41) is 7.70. The summed E-state index contributed by atoms with van der Waals surface area (Å²) in [7, 11) is -1.58. The molecular weight excluding hydrogens is 442 g/mol. The van der Waals surface area contributed by atoms with Crippen molar-refractivity contribution < 1.29 is 18.0 Å². The fraction of sp³-hybridized carbons (Fsp3) is 0.913. The molecule has 10 heteroatoms. The van der Waals surface area contributed by atoms with Crippen LogP contribution in [-0.2, 0) is 19.6 Å². The monoisotopic (exact) mass is 483 g/mol. The van der Waals surface area contributed by atoms with Crippen molar-refractivity contribution in [3.05, 3.63) is 0 Å². The second-order valence-corrected chi connectivity index (χ2v) is 12.8. The molecule has 3 aliphatic heterocycles. The molecule has 4 rings (SSSR count). The molecule has 4 unspecified atom stereocenters. The number of hydrazine groups is 1. The van der Waals surface area contributed by atoms with Crippen LogP contribution in [0.4, 0.5) is 0 Å². The maximum Gasteiger partial charge on any atom is 0.226 e. The summed E-state index contributed by atoms with van der Waals surface area (Å²) in [4.78, 5) is 23.7. The molecule has 4 aliphatic rings. The largest absolute Gasteiger partial charge is 0.359 e. The van der Waals surface area contributed by atoms with Crippen LogP contribution in [0.1, 0.15) is 65.2 Å². The molecule has 3 heterocycles. The van der Waals surface area contributed by atoms with Gasteiger partial charge in [-0.2, -0.15) is 0 Å². The lowest BCUT2D eigenvalue weighted by atomic mass is 9.74. The van der Waals surface area contributed by atoms with Crippen molar-refractivity contribution in [2.24, 2.45) is 17.8 Å². The van der Waals surface area contributed by atoms with Crippen LogP contribution in [0.3, 0.4) is 0 Å². The van der Waals surface area contributed by atoms with E-state index in [0.29, 0.717) is 37.8 Å². The second kappa shape index (κ2) is 10.2. The summed E-state index contributed by atoms with van der Waals surface area (Å²) in [5.41, 5.74) is 3.48. The Kier molecular flexibility index (Phi) is 7.67. The number of nitrogens with one attached hydrogen (secondary N) is 3. The van der Waals surface area contributed by atoms with E-state index in [2.05, 4.69) is 28.0 Å². The number of hydrogen-bond donors (Lipinski definition) is 3. The Hall–Kier alpha value is -1.23. The van der Waals surface area contributed by atoms with E-state index in [4.69, 9.17) is 0 Å². The van der Waals surface area contributed by atoms with Crippen LogP contribution in [0.25, 0.3) is 0 Å². The van der Waals surface area contributed by atoms with Crippen LogP contribution in [0, 0.1) is 17.8 Å². The number of sulfonamides is 1. The van der Waals surface area contributed by atoms with E-state index in [1.54, 1.807) is 11.4 Å². The Balaban J connectivity index is 1.30. The molecule has 0 aromatic rings. The Bertz CT molecular complexity index is 821. The SMILES string of the molecule is CNC(=O)C1C(C)NN2CCC(C3CCN(S(=O)(=O)C4CCC(NC(C)=O)CC4)CC3)CC12. The number of piperidine rings is 2. The van der Waals surface area contributed by atoms with Crippen molar-refractivity contribution >= 4 is 21.8 Å². The number of nitrogens with zero attached hydrogens (tertiary/aromatic N) is 2. The zero-order valence-corrected chi connectivity index (χ0v) is 21.1. The van der Waals surface area contributed by atoms with Crippen LogP contribution in [0.5, 0.6) is 0 Å². The molecule has 3 saturated heterocycles. The van der Waals surface area contributed by atoms with Gasteiger partial charge in [0.2, 0.25) is 21.8 Å². The highest BCUT2D eigenvalue weighted by Gasteiger charge is 2.47. The maximum atomic E-state index is 13.3. The first-order chi connectivity index (χ1) is 15.7. The van der Waals surface area contributed by atoms with Gasteiger partial charge in [-0.3, -0.25) is 15.0 Å². The third-order valence-corrected chi connectivity index (χ3v) is 11.0. The first-order valence-electron chi connectivity index (χ1n) is 12.7. The molecule has 9 nitrogen and oxygen atoms in total. The van der Waals surface area contributed by atoms with Gasteiger partial charge in [0.1, 0.15) is 0 Å². The van der Waals surface area contributed by atoms with Gasteiger partial charge in [0.25, 0.3) is 0 Å². The molecule has 1 aliphatic carbocycles. The second-order valence-electron chi connectivity index (χ2n) is 10.6. The fourth-order valence-corrected chi connectivity index (χ4v) is 8.81. The van der Waals surface area contributed by atoms with Gasteiger partial charge in [0, 0.05) is 51.7 Å². The predicted molar refractivity (Wildman–Crippen MR) is 126 cm³/mol. The molecule has 4 atom stereocenters. The highest BCUT2D eigenvalue weighted by atomic mass is 32.2. The van der Waals surface area contributed by atoms with Crippen molar-refractivity contribution in [3.63, 3.8) is 0 Å². The summed E-state index contributed by atoms with van der Waals surface area (Å²) < 4.78 is 28.3. The van der Waals surface area contributed by atoms with Crippen LogP contribution >= 0.6 is 0 Å². The van der Waals surface area contributed by atoms with E-state index in [-0.39, 0.29) is 41.1 Å².